The van der Waals surface area contributed by atoms with Crippen LogP contribution in [0.1, 0.15) is 18.6 Å². The maximum absolute atomic E-state index is 11.2. The first-order valence-electron chi connectivity index (χ1n) is 7.45. The lowest BCUT2D eigenvalue weighted by Gasteiger charge is -2.19. The molecule has 1 aliphatic rings. The minimum Gasteiger partial charge on any atom is -0.480 e. The number of aliphatic carboxylic acids is 1. The molecule has 0 saturated carbocycles. The van der Waals surface area contributed by atoms with Crippen LogP contribution in [0.4, 0.5) is 5.69 Å². The fraction of sp³-hybridized carbons (Fsp3) is 0.312. The van der Waals surface area contributed by atoms with Gasteiger partial charge in [-0.25, -0.2) is 0 Å². The number of halogens is 1. The molecule has 1 saturated heterocycles. The Morgan fingerprint density at radius 2 is 2.21 bits per heavy atom. The lowest BCUT2D eigenvalue weighted by atomic mass is 10.1. The molecule has 0 radical (unpaired) electrons. The third kappa shape index (κ3) is 3.27. The molecule has 1 N–H and O–H groups in total. The molecule has 1 aromatic heterocycles. The molecule has 1 fully saturated rings. The maximum Gasteiger partial charge on any atom is 0.320 e. The molecule has 0 spiro atoms. The van der Waals surface area contributed by atoms with Gasteiger partial charge in [0.2, 0.25) is 0 Å². The monoisotopic (exact) mass is 350 g/mol. The summed E-state index contributed by atoms with van der Waals surface area (Å²) >= 11 is 6.10. The van der Waals surface area contributed by atoms with Crippen LogP contribution < -0.4 is 0 Å². The molecule has 3 rings (SSSR count). The summed E-state index contributed by atoms with van der Waals surface area (Å²) in [5, 5.41) is 20.2. The highest BCUT2D eigenvalue weighted by molar-refractivity contribution is 6.33. The molecule has 7 nitrogen and oxygen atoms in total. The molecule has 0 bridgehead atoms. The van der Waals surface area contributed by atoms with E-state index in [9.17, 15) is 20.0 Å². The standard InChI is InChI=1S/C16H15ClN2O5/c17-13-8-10(19(22)23)3-5-12(13)15-6-4-11(24-15)9-18-7-1-2-14(18)16(20)21/h3-6,8,14H,1-2,7,9H2,(H,20,21)/t14-/m0/s1. The number of rotatable bonds is 5. The molecule has 2 aromatic rings. The molecule has 0 unspecified atom stereocenters. The van der Waals surface area contributed by atoms with Crippen LogP contribution >= 0.6 is 11.6 Å². The fourth-order valence-electron chi connectivity index (χ4n) is 2.92. The third-order valence-corrected chi connectivity index (χ3v) is 4.41. The van der Waals surface area contributed by atoms with Crippen LogP contribution in [0.15, 0.2) is 34.7 Å². The van der Waals surface area contributed by atoms with E-state index < -0.39 is 16.9 Å². The largest absolute Gasteiger partial charge is 0.480 e. The summed E-state index contributed by atoms with van der Waals surface area (Å²) in [6.45, 7) is 1.12. The Morgan fingerprint density at radius 3 is 2.88 bits per heavy atom. The number of benzene rings is 1. The van der Waals surface area contributed by atoms with E-state index in [-0.39, 0.29) is 10.7 Å². The first kappa shape index (κ1) is 16.5. The van der Waals surface area contributed by atoms with Gasteiger partial charge in [-0.3, -0.25) is 19.8 Å². The molecule has 0 amide bonds. The molecule has 1 aliphatic heterocycles. The molecule has 126 valence electrons. The molecule has 2 heterocycles. The number of nitro groups is 1. The third-order valence-electron chi connectivity index (χ3n) is 4.10. The van der Waals surface area contributed by atoms with Gasteiger partial charge >= 0.3 is 5.97 Å². The normalized spacial score (nSPS) is 18.0. The van der Waals surface area contributed by atoms with Crippen molar-refractivity contribution < 1.29 is 19.2 Å². The molecule has 1 atom stereocenters. The summed E-state index contributed by atoms with van der Waals surface area (Å²) in [6.07, 6.45) is 1.48. The topological polar surface area (TPSA) is 96.8 Å². The molecule has 8 heteroatoms. The predicted octanol–water partition coefficient (Wildman–Crippen LogP) is 3.56. The van der Waals surface area contributed by atoms with Gasteiger partial charge in [0.1, 0.15) is 17.6 Å². The van der Waals surface area contributed by atoms with Gasteiger partial charge in [0.25, 0.3) is 5.69 Å². The van der Waals surface area contributed by atoms with Crippen molar-refractivity contribution in [3.05, 3.63) is 51.2 Å². The minimum atomic E-state index is -0.822. The van der Waals surface area contributed by atoms with Crippen molar-refractivity contribution in [2.24, 2.45) is 0 Å². The SMILES string of the molecule is O=C(O)[C@@H]1CCCN1Cc1ccc(-c2ccc([N+](=O)[O-])cc2Cl)o1. The van der Waals surface area contributed by atoms with E-state index in [2.05, 4.69) is 0 Å². The van der Waals surface area contributed by atoms with Crippen molar-refractivity contribution in [2.45, 2.75) is 25.4 Å². The van der Waals surface area contributed by atoms with Crippen molar-refractivity contribution in [1.82, 2.24) is 4.90 Å². The smallest absolute Gasteiger partial charge is 0.320 e. The van der Waals surface area contributed by atoms with E-state index >= 15 is 0 Å². The minimum absolute atomic E-state index is 0.0862. The Bertz CT molecular complexity index is 789. The van der Waals surface area contributed by atoms with Gasteiger partial charge in [-0.15, -0.1) is 0 Å². The number of non-ortho nitro benzene ring substituents is 1. The Balaban J connectivity index is 1.78. The quantitative estimate of drug-likeness (QED) is 0.654. The average molecular weight is 351 g/mol. The summed E-state index contributed by atoms with van der Waals surface area (Å²) in [7, 11) is 0. The summed E-state index contributed by atoms with van der Waals surface area (Å²) in [4.78, 5) is 23.3. The number of carboxylic acid groups (broad SMARTS) is 1. The van der Waals surface area contributed by atoms with Gasteiger partial charge in [-0.05, 0) is 37.6 Å². The predicted molar refractivity (Wildman–Crippen MR) is 86.9 cm³/mol. The fourth-order valence-corrected chi connectivity index (χ4v) is 3.19. The van der Waals surface area contributed by atoms with Crippen LogP contribution in [0.3, 0.4) is 0 Å². The van der Waals surface area contributed by atoms with Crippen molar-refractivity contribution in [1.29, 1.82) is 0 Å². The van der Waals surface area contributed by atoms with Crippen LogP contribution in [0, 0.1) is 10.1 Å². The second-order valence-electron chi connectivity index (χ2n) is 5.65. The number of carboxylic acids is 1. The lowest BCUT2D eigenvalue weighted by molar-refractivity contribution is -0.384. The summed E-state index contributed by atoms with van der Waals surface area (Å²) in [5.74, 6) is 0.307. The molecular formula is C16H15ClN2O5. The number of hydrogen-bond donors (Lipinski definition) is 1. The van der Waals surface area contributed by atoms with E-state index in [0.29, 0.717) is 36.6 Å². The number of furan rings is 1. The van der Waals surface area contributed by atoms with Crippen molar-refractivity contribution in [2.75, 3.05) is 6.54 Å². The Hall–Kier alpha value is -2.38. The van der Waals surface area contributed by atoms with E-state index in [0.717, 1.165) is 6.42 Å². The summed E-state index contributed by atoms with van der Waals surface area (Å²) in [5.41, 5.74) is 0.474. The first-order chi connectivity index (χ1) is 11.5. The van der Waals surface area contributed by atoms with Gasteiger partial charge < -0.3 is 9.52 Å². The lowest BCUT2D eigenvalue weighted by Crippen LogP contribution is -2.35. The van der Waals surface area contributed by atoms with Crippen LogP contribution in [0.5, 0.6) is 0 Å². The molecule has 24 heavy (non-hydrogen) atoms. The van der Waals surface area contributed by atoms with E-state index in [4.69, 9.17) is 16.0 Å². The van der Waals surface area contributed by atoms with Crippen molar-refractivity contribution in [3.63, 3.8) is 0 Å². The van der Waals surface area contributed by atoms with Gasteiger partial charge in [-0.1, -0.05) is 11.6 Å². The van der Waals surface area contributed by atoms with Crippen LogP contribution in [0.25, 0.3) is 11.3 Å². The number of carbonyl (C=O) groups is 1. The Morgan fingerprint density at radius 1 is 1.42 bits per heavy atom. The second kappa shape index (κ2) is 6.62. The first-order valence-corrected chi connectivity index (χ1v) is 7.83. The van der Waals surface area contributed by atoms with Gasteiger partial charge in [0, 0.05) is 17.7 Å². The highest BCUT2D eigenvalue weighted by Crippen LogP contribution is 2.33. The highest BCUT2D eigenvalue weighted by atomic mass is 35.5. The maximum atomic E-state index is 11.2. The second-order valence-corrected chi connectivity index (χ2v) is 6.06. The summed E-state index contributed by atoms with van der Waals surface area (Å²) < 4.78 is 5.75. The highest BCUT2D eigenvalue weighted by Gasteiger charge is 2.31. The average Bonchev–Trinajstić information content (AvgIpc) is 3.17. The van der Waals surface area contributed by atoms with E-state index in [1.54, 1.807) is 18.2 Å². The van der Waals surface area contributed by atoms with E-state index in [1.165, 1.54) is 12.1 Å². The van der Waals surface area contributed by atoms with Crippen molar-refractivity contribution in [3.8, 4) is 11.3 Å². The number of likely N-dealkylation sites (tertiary alicyclic amines) is 1. The molecule has 1 aromatic carbocycles. The summed E-state index contributed by atoms with van der Waals surface area (Å²) in [6, 6.07) is 7.20. The Labute approximate surface area is 142 Å². The van der Waals surface area contributed by atoms with Gasteiger partial charge in [0.05, 0.1) is 16.5 Å². The zero-order chi connectivity index (χ0) is 17.3. The Kier molecular flexibility index (Phi) is 4.55. The zero-order valence-electron chi connectivity index (χ0n) is 12.6. The molecule has 0 aliphatic carbocycles. The van der Waals surface area contributed by atoms with E-state index in [1.807, 2.05) is 4.90 Å². The van der Waals surface area contributed by atoms with Crippen LogP contribution in [0.2, 0.25) is 5.02 Å². The van der Waals surface area contributed by atoms with Crippen LogP contribution in [-0.4, -0.2) is 33.5 Å². The molecular weight excluding hydrogens is 336 g/mol. The number of nitro benzene ring substituents is 1. The van der Waals surface area contributed by atoms with Gasteiger partial charge in [-0.2, -0.15) is 0 Å². The number of nitrogens with zero attached hydrogens (tertiary/aromatic N) is 2. The zero-order valence-corrected chi connectivity index (χ0v) is 13.4. The number of hydrogen-bond acceptors (Lipinski definition) is 5. The van der Waals surface area contributed by atoms with Gasteiger partial charge in [0.15, 0.2) is 0 Å². The van der Waals surface area contributed by atoms with Crippen LogP contribution in [-0.2, 0) is 11.3 Å². The van der Waals surface area contributed by atoms with Crippen molar-refractivity contribution >= 4 is 23.3 Å².